The predicted molar refractivity (Wildman–Crippen MR) is 148 cm³/mol. The van der Waals surface area contributed by atoms with Gasteiger partial charge in [-0.15, -0.1) is 0 Å². The summed E-state index contributed by atoms with van der Waals surface area (Å²) in [6.07, 6.45) is 8.19. The second-order valence-corrected chi connectivity index (χ2v) is 12.5. The number of nitro benzene ring substituents is 1. The van der Waals surface area contributed by atoms with Crippen LogP contribution < -0.4 is 14.4 Å². The molecule has 0 N–H and O–H groups in total. The van der Waals surface area contributed by atoms with E-state index in [1.54, 1.807) is 30.3 Å². The number of nitrogens with zero attached hydrogens (tertiary/aromatic N) is 2. The summed E-state index contributed by atoms with van der Waals surface area (Å²) in [5.41, 5.74) is 0.522. The number of hydrogen-bond donors (Lipinski definition) is 0. The monoisotopic (exact) mass is 550 g/mol. The van der Waals surface area contributed by atoms with Crippen LogP contribution in [0.15, 0.2) is 47.4 Å². The van der Waals surface area contributed by atoms with Crippen molar-refractivity contribution >= 4 is 57.6 Å². The Kier molecular flexibility index (Phi) is 6.26. The molecule has 1 amide bonds. The molecule has 196 valence electrons. The van der Waals surface area contributed by atoms with Gasteiger partial charge in [-0.25, -0.2) is 0 Å². The van der Waals surface area contributed by atoms with Gasteiger partial charge in [0.1, 0.15) is 0 Å². The molecule has 0 atom stereocenters. The molecule has 1 heterocycles. The first-order valence-corrected chi connectivity index (χ1v) is 13.9. The lowest BCUT2D eigenvalue weighted by molar-refractivity contribution is -0.384. The van der Waals surface area contributed by atoms with Crippen LogP contribution in [0.3, 0.4) is 0 Å². The largest absolute Gasteiger partial charge is 0.493 e. The van der Waals surface area contributed by atoms with Crippen LogP contribution in [0.5, 0.6) is 11.5 Å². The fourth-order valence-corrected chi connectivity index (χ4v) is 8.31. The Morgan fingerprint density at radius 2 is 1.79 bits per heavy atom. The predicted octanol–water partition coefficient (Wildman–Crippen LogP) is 6.13. The van der Waals surface area contributed by atoms with Crippen LogP contribution in [0, 0.1) is 33.3 Å². The van der Waals surface area contributed by atoms with Gasteiger partial charge in [0.2, 0.25) is 0 Å². The van der Waals surface area contributed by atoms with Gasteiger partial charge in [-0.3, -0.25) is 24.6 Å². The first kappa shape index (κ1) is 25.1. The number of non-ortho nitro benzene ring substituents is 1. The summed E-state index contributed by atoms with van der Waals surface area (Å²) in [6, 6.07) is 11.0. The second-order valence-electron chi connectivity index (χ2n) is 10.8. The molecule has 4 aliphatic carbocycles. The Labute approximate surface area is 229 Å². The average molecular weight is 551 g/mol. The Morgan fingerprint density at radius 3 is 2.42 bits per heavy atom. The number of hydrogen-bond acceptors (Lipinski definition) is 8. The molecular formula is C28H26N2O6S2. The summed E-state index contributed by atoms with van der Waals surface area (Å²) in [5, 5.41) is 11.2. The molecule has 5 fully saturated rings. The summed E-state index contributed by atoms with van der Waals surface area (Å²) < 4.78 is 11.8. The number of benzene rings is 2. The SMILES string of the molecule is COc1cc(/C=C2/SC(=S)N(c3cccc([N+](=O)[O-])c3)C2=O)ccc1OC(=O)C12CC3CC(CC(C3)C1)C2. The maximum atomic E-state index is 13.4. The summed E-state index contributed by atoms with van der Waals surface area (Å²) in [5.74, 6) is 2.18. The zero-order valence-corrected chi connectivity index (χ0v) is 22.4. The number of methoxy groups -OCH3 is 1. The van der Waals surface area contributed by atoms with Gasteiger partial charge >= 0.3 is 5.97 Å². The Morgan fingerprint density at radius 1 is 1.11 bits per heavy atom. The van der Waals surface area contributed by atoms with Crippen LogP contribution in [0.25, 0.3) is 6.08 Å². The number of esters is 1. The van der Waals surface area contributed by atoms with Crippen molar-refractivity contribution in [1.82, 2.24) is 0 Å². The number of carbonyl (C=O) groups is 2. The normalized spacial score (nSPS) is 28.7. The maximum absolute atomic E-state index is 13.4. The van der Waals surface area contributed by atoms with Gasteiger partial charge in [-0.05, 0) is 86.1 Å². The van der Waals surface area contributed by atoms with Crippen molar-refractivity contribution in [3.63, 3.8) is 0 Å². The van der Waals surface area contributed by atoms with E-state index in [0.717, 1.165) is 31.0 Å². The van der Waals surface area contributed by atoms with Crippen LogP contribution in [0.1, 0.15) is 44.1 Å². The summed E-state index contributed by atoms with van der Waals surface area (Å²) in [4.78, 5) is 38.9. The van der Waals surface area contributed by atoms with Gasteiger partial charge in [-0.1, -0.05) is 36.1 Å². The number of amides is 1. The molecule has 0 unspecified atom stereocenters. The molecule has 38 heavy (non-hydrogen) atoms. The minimum atomic E-state index is -0.513. The van der Waals surface area contributed by atoms with Crippen LogP contribution in [0.4, 0.5) is 11.4 Å². The van der Waals surface area contributed by atoms with Crippen LogP contribution >= 0.6 is 24.0 Å². The van der Waals surface area contributed by atoms with Crippen molar-refractivity contribution in [2.75, 3.05) is 12.0 Å². The maximum Gasteiger partial charge on any atom is 0.317 e. The van der Waals surface area contributed by atoms with Crippen molar-refractivity contribution in [2.45, 2.75) is 38.5 Å². The minimum absolute atomic E-state index is 0.121. The quantitative estimate of drug-likeness (QED) is 0.106. The molecule has 8 nitrogen and oxygen atoms in total. The molecule has 1 aliphatic heterocycles. The fourth-order valence-electron chi connectivity index (χ4n) is 7.01. The van der Waals surface area contributed by atoms with Gasteiger partial charge < -0.3 is 9.47 Å². The summed E-state index contributed by atoms with van der Waals surface area (Å²) in [7, 11) is 1.52. The molecule has 2 aromatic carbocycles. The van der Waals surface area contributed by atoms with E-state index in [1.165, 1.54) is 49.5 Å². The number of nitro groups is 1. The molecule has 10 heteroatoms. The lowest BCUT2D eigenvalue weighted by Gasteiger charge is -2.55. The third-order valence-electron chi connectivity index (χ3n) is 8.25. The van der Waals surface area contributed by atoms with Crippen molar-refractivity contribution in [2.24, 2.45) is 23.2 Å². The van der Waals surface area contributed by atoms with E-state index in [9.17, 15) is 19.7 Å². The molecule has 2 aromatic rings. The van der Waals surface area contributed by atoms with E-state index in [2.05, 4.69) is 0 Å². The number of thioether (sulfide) groups is 1. The van der Waals surface area contributed by atoms with E-state index < -0.39 is 4.92 Å². The van der Waals surface area contributed by atoms with Crippen LogP contribution in [-0.2, 0) is 9.59 Å². The van der Waals surface area contributed by atoms with Crippen molar-refractivity contribution in [3.05, 3.63) is 63.0 Å². The van der Waals surface area contributed by atoms with Gasteiger partial charge in [0.25, 0.3) is 11.6 Å². The number of anilines is 1. The van der Waals surface area contributed by atoms with E-state index in [4.69, 9.17) is 21.7 Å². The molecule has 0 radical (unpaired) electrons. The third kappa shape index (κ3) is 4.39. The summed E-state index contributed by atoms with van der Waals surface area (Å²) in [6.45, 7) is 0. The first-order valence-electron chi connectivity index (χ1n) is 12.7. The van der Waals surface area contributed by atoms with Crippen LogP contribution in [0.2, 0.25) is 0 Å². The molecule has 7 rings (SSSR count). The highest BCUT2D eigenvalue weighted by Gasteiger charge is 2.55. The minimum Gasteiger partial charge on any atom is -0.493 e. The molecule has 0 aromatic heterocycles. The van der Waals surface area contributed by atoms with Gasteiger partial charge in [0, 0.05) is 12.1 Å². The standard InChI is InChI=1S/C28H26N2O6S2/c1-35-23-10-16(11-24-25(31)29(27(37)38-24)20-3-2-4-21(12-20)30(33)34)5-6-22(23)36-26(32)28-13-17-7-18(14-28)9-19(8-17)15-28/h2-6,10-12,17-19H,7-9,13-15H2,1H3/b24-11+. The average Bonchev–Trinajstić information content (AvgIpc) is 3.16. The number of carbonyl (C=O) groups excluding carboxylic acids is 2. The van der Waals surface area contributed by atoms with Crippen LogP contribution in [-0.4, -0.2) is 28.2 Å². The number of rotatable bonds is 6. The second kappa shape index (κ2) is 9.50. The molecule has 4 bridgehead atoms. The molecular weight excluding hydrogens is 524 g/mol. The highest BCUT2D eigenvalue weighted by molar-refractivity contribution is 8.27. The topological polar surface area (TPSA) is 99.0 Å². The highest BCUT2D eigenvalue weighted by atomic mass is 32.2. The lowest BCUT2D eigenvalue weighted by atomic mass is 9.49. The third-order valence-corrected chi connectivity index (χ3v) is 9.55. The molecule has 4 saturated carbocycles. The van der Waals surface area contributed by atoms with Gasteiger partial charge in [0.05, 0.1) is 28.0 Å². The molecule has 5 aliphatic rings. The number of thiocarbonyl (C=S) groups is 1. The highest BCUT2D eigenvalue weighted by Crippen LogP contribution is 2.60. The van der Waals surface area contributed by atoms with Crippen molar-refractivity contribution in [1.29, 1.82) is 0 Å². The molecule has 1 saturated heterocycles. The zero-order valence-electron chi connectivity index (χ0n) is 20.8. The van der Waals surface area contributed by atoms with E-state index in [-0.39, 0.29) is 27.3 Å². The van der Waals surface area contributed by atoms with Gasteiger partial charge in [-0.2, -0.15) is 0 Å². The van der Waals surface area contributed by atoms with E-state index >= 15 is 0 Å². The van der Waals surface area contributed by atoms with E-state index in [1.807, 2.05) is 0 Å². The van der Waals surface area contributed by atoms with Crippen molar-refractivity contribution < 1.29 is 24.0 Å². The molecule has 0 spiro atoms. The smallest absolute Gasteiger partial charge is 0.317 e. The van der Waals surface area contributed by atoms with Gasteiger partial charge in [0.15, 0.2) is 15.8 Å². The number of ether oxygens (including phenoxy) is 2. The fraction of sp³-hybridized carbons (Fsp3) is 0.393. The Hall–Kier alpha value is -3.24. The van der Waals surface area contributed by atoms with E-state index in [0.29, 0.717) is 45.4 Å². The van der Waals surface area contributed by atoms with Crippen molar-refractivity contribution in [3.8, 4) is 11.5 Å². The first-order chi connectivity index (χ1) is 18.2. The summed E-state index contributed by atoms with van der Waals surface area (Å²) >= 11 is 6.52. The lowest BCUT2D eigenvalue weighted by Crippen LogP contribution is -2.51. The Bertz CT molecular complexity index is 1370. The zero-order chi connectivity index (χ0) is 26.6. The Balaban J connectivity index is 1.21.